The van der Waals surface area contributed by atoms with Gasteiger partial charge in [0, 0.05) is 25.8 Å². The zero-order valence-electron chi connectivity index (χ0n) is 16.5. The highest BCUT2D eigenvalue weighted by molar-refractivity contribution is 7.99. The molecule has 0 atom stereocenters. The maximum absolute atomic E-state index is 12.4. The lowest BCUT2D eigenvalue weighted by atomic mass is 10.2. The number of rotatable bonds is 11. The van der Waals surface area contributed by atoms with Gasteiger partial charge in [0.15, 0.2) is 0 Å². The third kappa shape index (κ3) is 6.92. The standard InChI is InChI=1S/C19H23F2N3O4S2/c1-3-24(4-2)30(26,27)16-9-10-18(23-12-16)29-13-17(25)22-11-14-5-7-15(8-6-14)28-19(20)21/h5-10,12,19H,3-4,11,13H2,1-2H3,(H,22,25). The van der Waals surface area contributed by atoms with Crippen LogP contribution < -0.4 is 10.1 Å². The van der Waals surface area contributed by atoms with E-state index in [4.69, 9.17) is 0 Å². The van der Waals surface area contributed by atoms with E-state index in [1.54, 1.807) is 32.0 Å². The van der Waals surface area contributed by atoms with Crippen molar-refractivity contribution in [3.63, 3.8) is 0 Å². The quantitative estimate of drug-likeness (QED) is 0.520. The molecule has 2 aromatic rings. The molecule has 0 saturated carbocycles. The Morgan fingerprint density at radius 1 is 1.17 bits per heavy atom. The summed E-state index contributed by atoms with van der Waals surface area (Å²) < 4.78 is 54.7. The Hall–Kier alpha value is -2.24. The molecule has 30 heavy (non-hydrogen) atoms. The minimum absolute atomic E-state index is 0.0492. The first kappa shape index (κ1) is 24.0. The number of hydrogen-bond donors (Lipinski definition) is 1. The second-order valence-corrected chi connectivity index (χ2v) is 8.94. The molecule has 0 bridgehead atoms. The normalized spacial score (nSPS) is 11.7. The highest BCUT2D eigenvalue weighted by Gasteiger charge is 2.21. The number of nitrogens with zero attached hydrogens (tertiary/aromatic N) is 2. The first-order valence-corrected chi connectivity index (χ1v) is 11.6. The second kappa shape index (κ2) is 11.2. The van der Waals surface area contributed by atoms with Gasteiger partial charge in [-0.25, -0.2) is 13.4 Å². The predicted molar refractivity (Wildman–Crippen MR) is 110 cm³/mol. The number of carbonyl (C=O) groups excluding carboxylic acids is 1. The Labute approximate surface area is 178 Å². The average molecular weight is 460 g/mol. The van der Waals surface area contributed by atoms with Crippen LogP contribution in [0.2, 0.25) is 0 Å². The number of nitrogens with one attached hydrogen (secondary N) is 1. The fraction of sp³-hybridized carbons (Fsp3) is 0.368. The van der Waals surface area contributed by atoms with Crippen molar-refractivity contribution in [2.75, 3.05) is 18.8 Å². The summed E-state index contributed by atoms with van der Waals surface area (Å²) >= 11 is 1.18. The summed E-state index contributed by atoms with van der Waals surface area (Å²) in [7, 11) is -3.57. The van der Waals surface area contributed by atoms with Gasteiger partial charge in [0.1, 0.15) is 10.6 Å². The highest BCUT2D eigenvalue weighted by Crippen LogP contribution is 2.20. The third-order valence-electron chi connectivity index (χ3n) is 4.04. The zero-order chi connectivity index (χ0) is 22.1. The van der Waals surface area contributed by atoms with Gasteiger partial charge in [0.25, 0.3) is 0 Å². The summed E-state index contributed by atoms with van der Waals surface area (Å²) in [5.41, 5.74) is 0.735. The van der Waals surface area contributed by atoms with E-state index in [2.05, 4.69) is 15.0 Å². The number of pyridine rings is 1. The van der Waals surface area contributed by atoms with Gasteiger partial charge >= 0.3 is 6.61 Å². The molecule has 0 radical (unpaired) electrons. The average Bonchev–Trinajstić information content (AvgIpc) is 2.72. The van der Waals surface area contributed by atoms with Gasteiger partial charge in [0.05, 0.1) is 10.8 Å². The first-order valence-electron chi connectivity index (χ1n) is 9.15. The molecule has 11 heteroatoms. The summed E-state index contributed by atoms with van der Waals surface area (Å²) in [5, 5.41) is 3.24. The van der Waals surface area contributed by atoms with Crippen LogP contribution in [0.4, 0.5) is 8.78 Å². The van der Waals surface area contributed by atoms with Crippen LogP contribution >= 0.6 is 11.8 Å². The molecule has 7 nitrogen and oxygen atoms in total. The van der Waals surface area contributed by atoms with E-state index in [9.17, 15) is 22.0 Å². The summed E-state index contributed by atoms with van der Waals surface area (Å²) in [6.45, 7) is 1.64. The van der Waals surface area contributed by atoms with Crippen LogP contribution in [0.5, 0.6) is 5.75 Å². The molecule has 1 aromatic carbocycles. The van der Waals surface area contributed by atoms with E-state index in [-0.39, 0.29) is 28.8 Å². The van der Waals surface area contributed by atoms with E-state index in [1.165, 1.54) is 40.5 Å². The molecule has 2 rings (SSSR count). The van der Waals surface area contributed by atoms with Crippen molar-refractivity contribution in [3.8, 4) is 5.75 Å². The maximum atomic E-state index is 12.4. The molecule has 1 N–H and O–H groups in total. The second-order valence-electron chi connectivity index (χ2n) is 6.01. The number of carbonyl (C=O) groups is 1. The van der Waals surface area contributed by atoms with Gasteiger partial charge in [0.2, 0.25) is 15.9 Å². The minimum atomic E-state index is -3.57. The van der Waals surface area contributed by atoms with Crippen LogP contribution in [0.1, 0.15) is 19.4 Å². The Morgan fingerprint density at radius 3 is 2.37 bits per heavy atom. The Kier molecular flexibility index (Phi) is 9.00. The van der Waals surface area contributed by atoms with Gasteiger partial charge in [-0.2, -0.15) is 13.1 Å². The molecule has 1 amide bonds. The van der Waals surface area contributed by atoms with Crippen molar-refractivity contribution in [3.05, 3.63) is 48.2 Å². The van der Waals surface area contributed by atoms with E-state index < -0.39 is 16.6 Å². The van der Waals surface area contributed by atoms with Crippen LogP contribution in [-0.4, -0.2) is 49.1 Å². The van der Waals surface area contributed by atoms with E-state index in [1.807, 2.05) is 0 Å². The smallest absolute Gasteiger partial charge is 0.387 e. The number of amides is 1. The number of ether oxygens (including phenoxy) is 1. The molecule has 164 valence electrons. The van der Waals surface area contributed by atoms with Crippen LogP contribution in [0, 0.1) is 0 Å². The molecule has 1 heterocycles. The summed E-state index contributed by atoms with van der Waals surface area (Å²) in [4.78, 5) is 16.2. The van der Waals surface area contributed by atoms with Crippen molar-refractivity contribution >= 4 is 27.7 Å². The number of benzene rings is 1. The van der Waals surface area contributed by atoms with Gasteiger partial charge in [-0.3, -0.25) is 4.79 Å². The van der Waals surface area contributed by atoms with Crippen molar-refractivity contribution in [2.45, 2.75) is 36.9 Å². The Morgan fingerprint density at radius 2 is 1.83 bits per heavy atom. The minimum Gasteiger partial charge on any atom is -0.435 e. The van der Waals surface area contributed by atoms with Crippen molar-refractivity contribution in [1.29, 1.82) is 0 Å². The molecule has 0 fully saturated rings. The van der Waals surface area contributed by atoms with Gasteiger partial charge in [-0.05, 0) is 29.8 Å². The number of sulfonamides is 1. The molecule has 0 aliphatic rings. The lowest BCUT2D eigenvalue weighted by molar-refractivity contribution is -0.118. The fourth-order valence-corrected chi connectivity index (χ4v) is 4.57. The largest absolute Gasteiger partial charge is 0.435 e. The Bertz CT molecular complexity index is 920. The predicted octanol–water partition coefficient (Wildman–Crippen LogP) is 3.12. The van der Waals surface area contributed by atoms with Crippen LogP contribution in [0.3, 0.4) is 0 Å². The monoisotopic (exact) mass is 459 g/mol. The van der Waals surface area contributed by atoms with Gasteiger partial charge in [-0.15, -0.1) is 0 Å². The van der Waals surface area contributed by atoms with Crippen molar-refractivity contribution in [1.82, 2.24) is 14.6 Å². The molecule has 0 aliphatic carbocycles. The number of alkyl halides is 2. The molecular weight excluding hydrogens is 436 g/mol. The van der Waals surface area contributed by atoms with Crippen LogP contribution in [-0.2, 0) is 21.4 Å². The molecule has 0 aliphatic heterocycles. The SMILES string of the molecule is CCN(CC)S(=O)(=O)c1ccc(SCC(=O)NCc2ccc(OC(F)F)cc2)nc1. The topological polar surface area (TPSA) is 88.6 Å². The van der Waals surface area contributed by atoms with E-state index in [0.717, 1.165) is 5.56 Å². The molecular formula is C19H23F2N3O4S2. The Balaban J connectivity index is 1.83. The van der Waals surface area contributed by atoms with Crippen LogP contribution in [0.15, 0.2) is 52.5 Å². The number of halogens is 2. The van der Waals surface area contributed by atoms with E-state index in [0.29, 0.717) is 18.1 Å². The molecule has 0 saturated heterocycles. The lowest BCUT2D eigenvalue weighted by Crippen LogP contribution is -2.30. The van der Waals surface area contributed by atoms with Gasteiger partial charge < -0.3 is 10.1 Å². The maximum Gasteiger partial charge on any atom is 0.387 e. The number of aromatic nitrogens is 1. The molecule has 1 aromatic heterocycles. The highest BCUT2D eigenvalue weighted by atomic mass is 32.2. The summed E-state index contributed by atoms with van der Waals surface area (Å²) in [6.07, 6.45) is 1.29. The first-order chi connectivity index (χ1) is 14.3. The van der Waals surface area contributed by atoms with Crippen LogP contribution in [0.25, 0.3) is 0 Å². The van der Waals surface area contributed by atoms with Gasteiger partial charge in [-0.1, -0.05) is 37.7 Å². The number of thioether (sulfide) groups is 1. The van der Waals surface area contributed by atoms with E-state index >= 15 is 0 Å². The summed E-state index contributed by atoms with van der Waals surface area (Å²) in [6, 6.07) is 9.02. The van der Waals surface area contributed by atoms with Crippen molar-refractivity contribution in [2.24, 2.45) is 0 Å². The molecule has 0 spiro atoms. The third-order valence-corrected chi connectivity index (χ3v) is 7.02. The molecule has 0 unspecified atom stereocenters. The summed E-state index contributed by atoms with van der Waals surface area (Å²) in [5.74, 6) is -0.0930. The lowest BCUT2D eigenvalue weighted by Gasteiger charge is -2.18. The van der Waals surface area contributed by atoms with Crippen molar-refractivity contribution < 1.29 is 26.7 Å². The fourth-order valence-electron chi connectivity index (χ4n) is 2.50. The number of hydrogen-bond acceptors (Lipinski definition) is 6. The zero-order valence-corrected chi connectivity index (χ0v) is 18.2.